The molecule has 0 aliphatic carbocycles. The number of fused-ring (bicyclic) bond motifs is 1. The van der Waals surface area contributed by atoms with Crippen LogP contribution in [-0.4, -0.2) is 22.3 Å². The van der Waals surface area contributed by atoms with Crippen LogP contribution in [0, 0.1) is 0 Å². The Balaban J connectivity index is 2.12. The normalized spacial score (nSPS) is 13.8. The molecule has 2 aromatic heterocycles. The molecule has 0 aromatic carbocycles. The van der Waals surface area contributed by atoms with Gasteiger partial charge in [-0.25, -0.2) is 4.52 Å². The van der Waals surface area contributed by atoms with Crippen LogP contribution in [0.4, 0.5) is 13.2 Å². The van der Waals surface area contributed by atoms with Gasteiger partial charge in [0.15, 0.2) is 0 Å². The first kappa shape index (κ1) is 14.8. The quantitative estimate of drug-likeness (QED) is 0.876. The average Bonchev–Trinajstić information content (AvgIpc) is 2.80. The molecule has 0 saturated heterocycles. The molecular formula is C14H18F3N3. The van der Waals surface area contributed by atoms with Crippen molar-refractivity contribution in [1.29, 1.82) is 0 Å². The second-order valence-corrected chi connectivity index (χ2v) is 4.75. The molecule has 2 aromatic rings. The van der Waals surface area contributed by atoms with Crippen LogP contribution in [0.3, 0.4) is 0 Å². The number of rotatable bonds is 6. The maximum atomic E-state index is 12.3. The molecule has 0 spiro atoms. The lowest BCUT2D eigenvalue weighted by atomic mass is 10.0. The van der Waals surface area contributed by atoms with Gasteiger partial charge in [-0.15, -0.1) is 0 Å². The molecule has 0 aliphatic heterocycles. The topological polar surface area (TPSA) is 29.3 Å². The Bertz CT molecular complexity index is 548. The first-order valence-corrected chi connectivity index (χ1v) is 6.73. The van der Waals surface area contributed by atoms with Crippen LogP contribution in [0.25, 0.3) is 5.52 Å². The van der Waals surface area contributed by atoms with Crippen molar-refractivity contribution in [2.45, 2.75) is 38.4 Å². The number of halogens is 3. The Hall–Kier alpha value is -1.56. The molecule has 0 bridgehead atoms. The maximum absolute atomic E-state index is 12.3. The Labute approximate surface area is 115 Å². The highest BCUT2D eigenvalue weighted by atomic mass is 19.4. The van der Waals surface area contributed by atoms with Crippen molar-refractivity contribution < 1.29 is 13.2 Å². The monoisotopic (exact) mass is 285 g/mol. The van der Waals surface area contributed by atoms with Crippen molar-refractivity contribution in [3.63, 3.8) is 0 Å². The summed E-state index contributed by atoms with van der Waals surface area (Å²) in [5.41, 5.74) is 1.89. The highest BCUT2D eigenvalue weighted by Gasteiger charge is 2.27. The summed E-state index contributed by atoms with van der Waals surface area (Å²) >= 11 is 0. The summed E-state index contributed by atoms with van der Waals surface area (Å²) in [6, 6.07) is 5.60. The molecule has 1 atom stereocenters. The lowest BCUT2D eigenvalue weighted by Gasteiger charge is -2.17. The summed E-state index contributed by atoms with van der Waals surface area (Å²) in [6.07, 6.45) is -0.700. The van der Waals surface area contributed by atoms with Gasteiger partial charge in [0.25, 0.3) is 0 Å². The molecular weight excluding hydrogens is 267 g/mol. The van der Waals surface area contributed by atoms with Crippen molar-refractivity contribution in [2.75, 3.05) is 6.54 Å². The second-order valence-electron chi connectivity index (χ2n) is 4.75. The number of hydrogen-bond donors (Lipinski definition) is 1. The zero-order valence-electron chi connectivity index (χ0n) is 11.3. The van der Waals surface area contributed by atoms with E-state index in [0.29, 0.717) is 13.0 Å². The number of hydrogen-bond acceptors (Lipinski definition) is 2. The lowest BCUT2D eigenvalue weighted by Crippen LogP contribution is -2.21. The van der Waals surface area contributed by atoms with Gasteiger partial charge in [-0.05, 0) is 31.5 Å². The van der Waals surface area contributed by atoms with Crippen molar-refractivity contribution >= 4 is 5.52 Å². The van der Waals surface area contributed by atoms with E-state index in [1.165, 1.54) is 0 Å². The fraction of sp³-hybridized carbons (Fsp3) is 0.500. The minimum absolute atomic E-state index is 0.0951. The Morgan fingerprint density at radius 3 is 2.85 bits per heavy atom. The van der Waals surface area contributed by atoms with Gasteiger partial charge in [0.1, 0.15) is 0 Å². The lowest BCUT2D eigenvalue weighted by molar-refractivity contribution is -0.135. The van der Waals surface area contributed by atoms with Crippen LogP contribution in [0.1, 0.15) is 37.8 Å². The SMILES string of the molecule is CCNC(CCCC(F)(F)F)c1cnn2ccccc12. The van der Waals surface area contributed by atoms with E-state index in [0.717, 1.165) is 11.1 Å². The smallest absolute Gasteiger partial charge is 0.310 e. The van der Waals surface area contributed by atoms with Gasteiger partial charge >= 0.3 is 6.18 Å². The van der Waals surface area contributed by atoms with E-state index in [2.05, 4.69) is 10.4 Å². The molecule has 0 amide bonds. The van der Waals surface area contributed by atoms with E-state index < -0.39 is 12.6 Å². The maximum Gasteiger partial charge on any atom is 0.389 e. The standard InChI is InChI=1S/C14H18F3N3/c1-2-18-12(6-5-8-14(15,16)17)11-10-19-20-9-4-3-7-13(11)20/h3-4,7,9-10,12,18H,2,5-6,8H2,1H3. The summed E-state index contributed by atoms with van der Waals surface area (Å²) in [7, 11) is 0. The van der Waals surface area contributed by atoms with Crippen molar-refractivity contribution in [1.82, 2.24) is 14.9 Å². The fourth-order valence-electron chi connectivity index (χ4n) is 2.34. The largest absolute Gasteiger partial charge is 0.389 e. The summed E-state index contributed by atoms with van der Waals surface area (Å²) < 4.78 is 38.5. The molecule has 0 fully saturated rings. The summed E-state index contributed by atoms with van der Waals surface area (Å²) in [5, 5.41) is 7.48. The predicted octanol–water partition coefficient (Wildman–Crippen LogP) is 3.72. The number of aromatic nitrogens is 2. The second kappa shape index (κ2) is 6.26. The van der Waals surface area contributed by atoms with Gasteiger partial charge < -0.3 is 5.32 Å². The van der Waals surface area contributed by atoms with Crippen LogP contribution in [-0.2, 0) is 0 Å². The average molecular weight is 285 g/mol. The van der Waals surface area contributed by atoms with Crippen LogP contribution >= 0.6 is 0 Å². The van der Waals surface area contributed by atoms with Crippen LogP contribution < -0.4 is 5.32 Å². The van der Waals surface area contributed by atoms with Gasteiger partial charge in [-0.1, -0.05) is 13.0 Å². The van der Waals surface area contributed by atoms with Crippen molar-refractivity contribution in [3.05, 3.63) is 36.2 Å². The molecule has 0 saturated carbocycles. The molecule has 6 heteroatoms. The Morgan fingerprint density at radius 2 is 2.15 bits per heavy atom. The van der Waals surface area contributed by atoms with E-state index >= 15 is 0 Å². The first-order chi connectivity index (χ1) is 9.51. The minimum Gasteiger partial charge on any atom is -0.310 e. The predicted molar refractivity (Wildman–Crippen MR) is 71.5 cm³/mol. The third-order valence-corrected chi connectivity index (χ3v) is 3.24. The fourth-order valence-corrected chi connectivity index (χ4v) is 2.34. The number of nitrogens with zero attached hydrogens (tertiary/aromatic N) is 2. The van der Waals surface area contributed by atoms with Gasteiger partial charge in [0.2, 0.25) is 0 Å². The zero-order chi connectivity index (χ0) is 14.6. The summed E-state index contributed by atoms with van der Waals surface area (Å²) in [6.45, 7) is 2.66. The summed E-state index contributed by atoms with van der Waals surface area (Å²) in [5.74, 6) is 0. The van der Waals surface area contributed by atoms with E-state index in [-0.39, 0.29) is 12.5 Å². The first-order valence-electron chi connectivity index (χ1n) is 6.73. The van der Waals surface area contributed by atoms with Crippen molar-refractivity contribution in [2.24, 2.45) is 0 Å². The van der Waals surface area contributed by atoms with Crippen molar-refractivity contribution in [3.8, 4) is 0 Å². The zero-order valence-corrected chi connectivity index (χ0v) is 11.3. The molecule has 0 radical (unpaired) electrons. The van der Waals surface area contributed by atoms with Gasteiger partial charge in [0.05, 0.1) is 11.7 Å². The summed E-state index contributed by atoms with van der Waals surface area (Å²) in [4.78, 5) is 0. The Kier molecular flexibility index (Phi) is 4.65. The van der Waals surface area contributed by atoms with Gasteiger partial charge in [-0.3, -0.25) is 0 Å². The van der Waals surface area contributed by atoms with Crippen LogP contribution in [0.15, 0.2) is 30.6 Å². The molecule has 2 rings (SSSR count). The molecule has 110 valence electrons. The van der Waals surface area contributed by atoms with E-state index in [4.69, 9.17) is 0 Å². The van der Waals surface area contributed by atoms with E-state index in [9.17, 15) is 13.2 Å². The molecule has 20 heavy (non-hydrogen) atoms. The van der Waals surface area contributed by atoms with E-state index in [1.54, 1.807) is 10.7 Å². The van der Waals surface area contributed by atoms with E-state index in [1.807, 2.05) is 31.3 Å². The minimum atomic E-state index is -4.09. The number of alkyl halides is 3. The number of nitrogens with one attached hydrogen (secondary N) is 1. The highest BCUT2D eigenvalue weighted by molar-refractivity contribution is 5.54. The molecule has 3 nitrogen and oxygen atoms in total. The number of pyridine rings is 1. The van der Waals surface area contributed by atoms with Crippen LogP contribution in [0.2, 0.25) is 0 Å². The molecule has 1 unspecified atom stereocenters. The highest BCUT2D eigenvalue weighted by Crippen LogP contribution is 2.28. The molecule has 1 N–H and O–H groups in total. The molecule has 2 heterocycles. The molecule has 0 aliphatic rings. The van der Waals surface area contributed by atoms with Gasteiger partial charge in [0, 0.05) is 24.2 Å². The third-order valence-electron chi connectivity index (χ3n) is 3.24. The van der Waals surface area contributed by atoms with Crippen LogP contribution in [0.5, 0.6) is 0 Å². The Morgan fingerprint density at radius 1 is 1.35 bits per heavy atom. The van der Waals surface area contributed by atoms with Gasteiger partial charge in [-0.2, -0.15) is 18.3 Å². The third kappa shape index (κ3) is 3.72.